The van der Waals surface area contributed by atoms with Gasteiger partial charge in [-0.05, 0) is 47.9 Å². The number of benzene rings is 2. The fraction of sp³-hybridized carbons (Fsp3) is 0.316. The third-order valence-corrected chi connectivity index (χ3v) is 5.28. The van der Waals surface area contributed by atoms with Crippen molar-refractivity contribution >= 4 is 17.7 Å². The number of halogens is 1. The van der Waals surface area contributed by atoms with Crippen molar-refractivity contribution in [3.63, 3.8) is 0 Å². The molecular formula is C19H20FNO3S. The lowest BCUT2D eigenvalue weighted by atomic mass is 10.0. The van der Waals surface area contributed by atoms with E-state index in [9.17, 15) is 9.18 Å². The summed E-state index contributed by atoms with van der Waals surface area (Å²) in [6.07, 6.45) is 1.02. The Morgan fingerprint density at radius 1 is 1.20 bits per heavy atom. The summed E-state index contributed by atoms with van der Waals surface area (Å²) in [7, 11) is 3.13. The molecule has 132 valence electrons. The third-order valence-electron chi connectivity index (χ3n) is 4.16. The molecule has 1 N–H and O–H groups in total. The van der Waals surface area contributed by atoms with Crippen LogP contribution in [0.3, 0.4) is 0 Å². The number of hydrogen-bond acceptors (Lipinski definition) is 4. The van der Waals surface area contributed by atoms with Gasteiger partial charge in [-0.15, -0.1) is 11.8 Å². The van der Waals surface area contributed by atoms with Gasteiger partial charge in [0, 0.05) is 10.6 Å². The molecule has 0 unspecified atom stereocenters. The molecule has 2 aromatic rings. The van der Waals surface area contributed by atoms with Gasteiger partial charge >= 0.3 is 0 Å². The van der Waals surface area contributed by atoms with Crippen molar-refractivity contribution in [2.45, 2.75) is 23.8 Å². The predicted molar refractivity (Wildman–Crippen MR) is 95.9 cm³/mol. The van der Waals surface area contributed by atoms with E-state index in [0.29, 0.717) is 11.5 Å². The molecule has 0 saturated heterocycles. The van der Waals surface area contributed by atoms with E-state index in [1.807, 2.05) is 6.07 Å². The maximum atomic E-state index is 13.6. The van der Waals surface area contributed by atoms with Gasteiger partial charge in [0.1, 0.15) is 5.82 Å². The molecule has 1 amide bonds. The summed E-state index contributed by atoms with van der Waals surface area (Å²) in [6, 6.07) is 10.0. The molecule has 0 aromatic heterocycles. The van der Waals surface area contributed by atoms with Crippen LogP contribution < -0.4 is 14.8 Å². The molecule has 1 aliphatic heterocycles. The number of rotatable bonds is 5. The molecule has 0 fully saturated rings. The topological polar surface area (TPSA) is 47.6 Å². The summed E-state index contributed by atoms with van der Waals surface area (Å²) in [5, 5.41) is 3.03. The molecule has 0 saturated carbocycles. The van der Waals surface area contributed by atoms with E-state index in [1.165, 1.54) is 12.1 Å². The van der Waals surface area contributed by atoms with Crippen molar-refractivity contribution in [3.05, 3.63) is 53.3 Å². The number of thioether (sulfide) groups is 1. The van der Waals surface area contributed by atoms with Crippen LogP contribution in [0, 0.1) is 5.82 Å². The Hall–Kier alpha value is -2.21. The van der Waals surface area contributed by atoms with E-state index in [2.05, 4.69) is 5.32 Å². The van der Waals surface area contributed by atoms with Crippen LogP contribution >= 0.6 is 11.8 Å². The van der Waals surface area contributed by atoms with E-state index in [4.69, 9.17) is 9.47 Å². The molecule has 0 aliphatic carbocycles. The van der Waals surface area contributed by atoms with Crippen molar-refractivity contribution in [2.24, 2.45) is 0 Å². The highest BCUT2D eigenvalue weighted by molar-refractivity contribution is 7.99. The molecular weight excluding hydrogens is 341 g/mol. The molecule has 1 atom stereocenters. The van der Waals surface area contributed by atoms with Crippen LogP contribution in [-0.2, 0) is 11.2 Å². The Bertz CT molecular complexity index is 781. The average molecular weight is 361 g/mol. The summed E-state index contributed by atoms with van der Waals surface area (Å²) >= 11 is 1.69. The van der Waals surface area contributed by atoms with Gasteiger partial charge in [0.2, 0.25) is 5.91 Å². The molecule has 25 heavy (non-hydrogen) atoms. The molecule has 0 spiro atoms. The monoisotopic (exact) mass is 361 g/mol. The highest BCUT2D eigenvalue weighted by atomic mass is 32.2. The maximum Gasteiger partial charge on any atom is 0.224 e. The Morgan fingerprint density at radius 2 is 2.00 bits per heavy atom. The summed E-state index contributed by atoms with van der Waals surface area (Å²) < 4.78 is 24.0. The second-order valence-corrected chi connectivity index (χ2v) is 6.94. The molecule has 0 radical (unpaired) electrons. The van der Waals surface area contributed by atoms with Gasteiger partial charge in [0.05, 0.1) is 26.7 Å². The number of nitrogens with one attached hydrogen (secondary N) is 1. The van der Waals surface area contributed by atoms with E-state index >= 15 is 0 Å². The van der Waals surface area contributed by atoms with E-state index in [0.717, 1.165) is 28.2 Å². The second kappa shape index (κ2) is 7.78. The number of ether oxygens (including phenoxy) is 2. The highest BCUT2D eigenvalue weighted by Crippen LogP contribution is 2.36. The van der Waals surface area contributed by atoms with Crippen LogP contribution in [0.4, 0.5) is 4.39 Å². The first-order valence-electron chi connectivity index (χ1n) is 8.03. The number of carbonyl (C=O) groups is 1. The Labute approximate surface area is 150 Å². The Morgan fingerprint density at radius 3 is 2.76 bits per heavy atom. The zero-order chi connectivity index (χ0) is 17.8. The first-order chi connectivity index (χ1) is 12.1. The predicted octanol–water partition coefficient (Wildman–Crippen LogP) is 3.74. The summed E-state index contributed by atoms with van der Waals surface area (Å²) in [5.41, 5.74) is 1.69. The molecule has 1 heterocycles. The first kappa shape index (κ1) is 17.6. The van der Waals surface area contributed by atoms with Crippen molar-refractivity contribution in [3.8, 4) is 11.5 Å². The van der Waals surface area contributed by atoms with Gasteiger partial charge in [-0.3, -0.25) is 4.79 Å². The standard InChI is InChI=1S/C19H20FNO3S/c1-23-16-5-3-12(9-17(16)24-2)10-19(22)21-15-7-8-25-18-6-4-13(20)11-14(15)18/h3-6,9,11,15H,7-8,10H2,1-2H3,(H,21,22)/t15-/m1/s1. The van der Waals surface area contributed by atoms with Crippen LogP contribution in [0.25, 0.3) is 0 Å². The van der Waals surface area contributed by atoms with Crippen LogP contribution in [0.5, 0.6) is 11.5 Å². The van der Waals surface area contributed by atoms with Crippen molar-refractivity contribution in [1.29, 1.82) is 0 Å². The molecule has 4 nitrogen and oxygen atoms in total. The van der Waals surface area contributed by atoms with Gasteiger partial charge < -0.3 is 14.8 Å². The quantitative estimate of drug-likeness (QED) is 0.881. The van der Waals surface area contributed by atoms with Crippen molar-refractivity contribution in [1.82, 2.24) is 5.32 Å². The van der Waals surface area contributed by atoms with Gasteiger partial charge in [0.25, 0.3) is 0 Å². The fourth-order valence-corrected chi connectivity index (χ4v) is 4.04. The minimum Gasteiger partial charge on any atom is -0.493 e. The lowest BCUT2D eigenvalue weighted by Gasteiger charge is -2.26. The Kier molecular flexibility index (Phi) is 5.48. The van der Waals surface area contributed by atoms with Gasteiger partial charge in [0.15, 0.2) is 11.5 Å². The number of carbonyl (C=O) groups excluding carboxylic acids is 1. The average Bonchev–Trinajstić information content (AvgIpc) is 2.62. The molecule has 3 rings (SSSR count). The fourth-order valence-electron chi connectivity index (χ4n) is 2.94. The number of methoxy groups -OCH3 is 2. The van der Waals surface area contributed by atoms with Crippen LogP contribution in [0.2, 0.25) is 0 Å². The minimum absolute atomic E-state index is 0.0978. The number of hydrogen-bond donors (Lipinski definition) is 1. The zero-order valence-corrected chi connectivity index (χ0v) is 15.0. The van der Waals surface area contributed by atoms with E-state index in [1.54, 1.807) is 44.2 Å². The second-order valence-electron chi connectivity index (χ2n) is 5.81. The largest absolute Gasteiger partial charge is 0.493 e. The number of amides is 1. The normalized spacial score (nSPS) is 16.0. The first-order valence-corrected chi connectivity index (χ1v) is 9.02. The minimum atomic E-state index is -0.277. The van der Waals surface area contributed by atoms with E-state index < -0.39 is 0 Å². The van der Waals surface area contributed by atoms with Gasteiger partial charge in [-0.2, -0.15) is 0 Å². The summed E-state index contributed by atoms with van der Waals surface area (Å²) in [6.45, 7) is 0. The third kappa shape index (κ3) is 4.07. The molecule has 1 aliphatic rings. The van der Waals surface area contributed by atoms with Crippen LogP contribution in [0.15, 0.2) is 41.3 Å². The lowest BCUT2D eigenvalue weighted by molar-refractivity contribution is -0.121. The smallest absolute Gasteiger partial charge is 0.224 e. The van der Waals surface area contributed by atoms with E-state index in [-0.39, 0.29) is 24.2 Å². The van der Waals surface area contributed by atoms with Gasteiger partial charge in [-0.25, -0.2) is 4.39 Å². The molecule has 2 aromatic carbocycles. The number of fused-ring (bicyclic) bond motifs is 1. The van der Waals surface area contributed by atoms with Crippen molar-refractivity contribution < 1.29 is 18.7 Å². The summed E-state index contributed by atoms with van der Waals surface area (Å²) in [5.74, 6) is 1.74. The SMILES string of the molecule is COc1ccc(CC(=O)N[C@@H]2CCSc3ccc(F)cc32)cc1OC. The van der Waals surface area contributed by atoms with Crippen molar-refractivity contribution in [2.75, 3.05) is 20.0 Å². The lowest BCUT2D eigenvalue weighted by Crippen LogP contribution is -2.31. The van der Waals surface area contributed by atoms with Crippen LogP contribution in [0.1, 0.15) is 23.6 Å². The van der Waals surface area contributed by atoms with Crippen LogP contribution in [-0.4, -0.2) is 25.9 Å². The van der Waals surface area contributed by atoms with Gasteiger partial charge in [-0.1, -0.05) is 6.07 Å². The zero-order valence-electron chi connectivity index (χ0n) is 14.2. The molecule has 6 heteroatoms. The maximum absolute atomic E-state index is 13.6. The molecule has 0 bridgehead atoms. The summed E-state index contributed by atoms with van der Waals surface area (Å²) in [4.78, 5) is 13.5. The Balaban J connectivity index is 1.71. The highest BCUT2D eigenvalue weighted by Gasteiger charge is 2.23.